The van der Waals surface area contributed by atoms with Gasteiger partial charge < -0.3 is 11.1 Å². The molecule has 0 saturated carbocycles. The Labute approximate surface area is 314 Å². The quantitative estimate of drug-likeness (QED) is 0.138. The fraction of sp³-hybridized carbons (Fsp3) is 0.333. The molecule has 49 heavy (non-hydrogen) atoms. The summed E-state index contributed by atoms with van der Waals surface area (Å²) < 4.78 is 3.96. The zero-order chi connectivity index (χ0) is 36.4. The van der Waals surface area contributed by atoms with Crippen molar-refractivity contribution >= 4 is 102 Å². The molecule has 0 fully saturated rings. The molecule has 0 saturated heterocycles. The van der Waals surface area contributed by atoms with E-state index >= 15 is 0 Å². The van der Waals surface area contributed by atoms with Gasteiger partial charge in [-0.3, -0.25) is 0 Å². The van der Waals surface area contributed by atoms with Gasteiger partial charge in [-0.25, -0.2) is 0 Å². The Morgan fingerprint density at radius 3 is 1.47 bits per heavy atom. The van der Waals surface area contributed by atoms with E-state index < -0.39 is 16.1 Å². The van der Waals surface area contributed by atoms with E-state index in [0.29, 0.717) is 0 Å². The molecular weight excluding hydrogens is 733 g/mol. The summed E-state index contributed by atoms with van der Waals surface area (Å²) in [6, 6.07) is 30.7. The van der Waals surface area contributed by atoms with Crippen LogP contribution in [-0.2, 0) is 10.8 Å². The lowest BCUT2D eigenvalue weighted by molar-refractivity contribution is 0.590. The van der Waals surface area contributed by atoms with E-state index in [1.54, 1.807) is 11.3 Å². The van der Waals surface area contributed by atoms with Gasteiger partial charge in [-0.15, -0.1) is 22.7 Å². The molecule has 0 spiro atoms. The van der Waals surface area contributed by atoms with Crippen LogP contribution < -0.4 is 21.4 Å². The molecule has 0 atom stereocenters. The number of halogens is 1. The highest BCUT2D eigenvalue weighted by molar-refractivity contribution is 9.10. The lowest BCUT2D eigenvalue weighted by Crippen LogP contribution is -2.37. The molecule has 4 aromatic carbocycles. The van der Waals surface area contributed by atoms with Gasteiger partial charge >= 0.3 is 0 Å². The normalized spacial score (nSPS) is 12.3. The van der Waals surface area contributed by atoms with Crippen molar-refractivity contribution in [1.29, 1.82) is 0 Å². The summed E-state index contributed by atoms with van der Waals surface area (Å²) in [7, 11) is -2.45. The van der Waals surface area contributed by atoms with Gasteiger partial charge in [0.15, 0.2) is 0 Å². The summed E-state index contributed by atoms with van der Waals surface area (Å²) in [5.74, 6) is 0. The van der Waals surface area contributed by atoms with Gasteiger partial charge in [0, 0.05) is 46.8 Å². The maximum Gasteiger partial charge on any atom is 0.0776 e. The molecule has 260 valence electrons. The number of hydrogen-bond donors (Lipinski definition) is 2. The second kappa shape index (κ2) is 15.3. The standard InChI is InChI=1S/C21H27NSSi.C11H13BrSSi.C10H15N/c1-21(2,3)15-7-9-16(10-8-15)22-19-14-23-20-12-11-17(13-18(19)20)24(4,5)6;1-14(2,3)8-4-5-11-9(6-8)10(12)7-13-11;1-10(2,3)8-4-6-9(11)7-5-8/h7-14,22H,1-6H3;4-7H,1-3H3;4-7H,11H2,1-3H3. The van der Waals surface area contributed by atoms with E-state index in [2.05, 4.69) is 186 Å². The van der Waals surface area contributed by atoms with Crippen molar-refractivity contribution in [1.82, 2.24) is 0 Å². The van der Waals surface area contributed by atoms with Crippen molar-refractivity contribution in [2.45, 2.75) is 91.7 Å². The highest BCUT2D eigenvalue weighted by Crippen LogP contribution is 2.33. The Kier molecular flexibility index (Phi) is 12.2. The van der Waals surface area contributed by atoms with Crippen LogP contribution in [0, 0.1) is 0 Å². The summed E-state index contributed by atoms with van der Waals surface area (Å²) in [5, 5.41) is 13.8. The predicted octanol–water partition coefficient (Wildman–Crippen LogP) is 13.3. The van der Waals surface area contributed by atoms with Gasteiger partial charge in [0.1, 0.15) is 0 Å². The Balaban J connectivity index is 0.000000183. The first-order valence-corrected chi connectivity index (χ1v) is 26.6. The van der Waals surface area contributed by atoms with Gasteiger partial charge in [-0.2, -0.15) is 0 Å². The first kappa shape index (κ1) is 39.1. The first-order valence-electron chi connectivity index (χ1n) is 17.1. The van der Waals surface area contributed by atoms with E-state index in [9.17, 15) is 0 Å². The molecule has 2 nitrogen and oxygen atoms in total. The van der Waals surface area contributed by atoms with Crippen LogP contribution in [0.25, 0.3) is 20.2 Å². The molecule has 0 radical (unpaired) electrons. The molecule has 0 aliphatic carbocycles. The van der Waals surface area contributed by atoms with Crippen molar-refractivity contribution in [2.75, 3.05) is 11.1 Å². The van der Waals surface area contributed by atoms with Crippen LogP contribution in [0.15, 0.2) is 100 Å². The second-order valence-electron chi connectivity index (χ2n) is 17.0. The largest absolute Gasteiger partial charge is 0.399 e. The topological polar surface area (TPSA) is 38.0 Å². The monoisotopic (exact) mass is 786 g/mol. The minimum Gasteiger partial charge on any atom is -0.399 e. The third-order valence-electron chi connectivity index (χ3n) is 8.64. The maximum absolute atomic E-state index is 5.57. The van der Waals surface area contributed by atoms with Crippen molar-refractivity contribution in [3.8, 4) is 0 Å². The van der Waals surface area contributed by atoms with Gasteiger partial charge in [-0.05, 0) is 74.3 Å². The number of nitrogens with two attached hydrogens (primary N) is 1. The predicted molar refractivity (Wildman–Crippen MR) is 235 cm³/mol. The van der Waals surface area contributed by atoms with E-state index in [0.717, 1.165) is 11.4 Å². The summed E-state index contributed by atoms with van der Waals surface area (Å²) in [6.07, 6.45) is 0. The van der Waals surface area contributed by atoms with E-state index in [1.165, 1.54) is 51.8 Å². The number of nitrogen functional groups attached to an aromatic ring is 1. The molecule has 0 aliphatic heterocycles. The number of benzene rings is 4. The highest BCUT2D eigenvalue weighted by atomic mass is 79.9. The summed E-state index contributed by atoms with van der Waals surface area (Å²) in [5.41, 5.74) is 11.9. The Bertz CT molecular complexity index is 1980. The molecule has 0 unspecified atom stereocenters. The van der Waals surface area contributed by atoms with Crippen molar-refractivity contribution in [2.24, 2.45) is 0 Å². The van der Waals surface area contributed by atoms with Crippen LogP contribution in [0.3, 0.4) is 0 Å². The van der Waals surface area contributed by atoms with E-state index in [-0.39, 0.29) is 10.8 Å². The second-order valence-corrected chi connectivity index (χ2v) is 29.8. The molecule has 6 aromatic rings. The molecule has 3 N–H and O–H groups in total. The van der Waals surface area contributed by atoms with Gasteiger partial charge in [0.2, 0.25) is 0 Å². The minimum atomic E-state index is -1.29. The minimum absolute atomic E-state index is 0.194. The Hall–Kier alpha value is -2.69. The average molecular weight is 788 g/mol. The van der Waals surface area contributed by atoms with E-state index in [1.807, 2.05) is 23.5 Å². The zero-order valence-electron chi connectivity index (χ0n) is 31.5. The Morgan fingerprint density at radius 1 is 0.571 bits per heavy atom. The molecular formula is C42H55BrN2S2Si2. The van der Waals surface area contributed by atoms with Crippen LogP contribution in [0.2, 0.25) is 39.3 Å². The highest BCUT2D eigenvalue weighted by Gasteiger charge is 2.19. The van der Waals surface area contributed by atoms with Gasteiger partial charge in [0.05, 0.1) is 21.8 Å². The number of nitrogens with one attached hydrogen (secondary N) is 1. The first-order chi connectivity index (χ1) is 22.6. The maximum atomic E-state index is 5.57. The number of fused-ring (bicyclic) bond motifs is 2. The lowest BCUT2D eigenvalue weighted by Gasteiger charge is -2.19. The summed E-state index contributed by atoms with van der Waals surface area (Å²) in [4.78, 5) is 0. The summed E-state index contributed by atoms with van der Waals surface area (Å²) >= 11 is 7.21. The third-order valence-corrected chi connectivity index (χ3v) is 15.6. The average Bonchev–Trinajstić information content (AvgIpc) is 3.59. The molecule has 7 heteroatoms. The molecule has 2 aromatic heterocycles. The molecule has 6 rings (SSSR count). The van der Waals surface area contributed by atoms with Crippen LogP contribution >= 0.6 is 38.6 Å². The fourth-order valence-electron chi connectivity index (χ4n) is 5.25. The molecule has 0 aliphatic rings. The lowest BCUT2D eigenvalue weighted by atomic mass is 9.87. The zero-order valence-corrected chi connectivity index (χ0v) is 36.7. The van der Waals surface area contributed by atoms with Crippen LogP contribution in [0.4, 0.5) is 17.1 Å². The smallest absolute Gasteiger partial charge is 0.0776 e. The fourth-order valence-corrected chi connectivity index (χ4v) is 9.98. The van der Waals surface area contributed by atoms with Crippen molar-refractivity contribution < 1.29 is 0 Å². The molecule has 0 amide bonds. The number of thiophene rings is 2. The van der Waals surface area contributed by atoms with Crippen molar-refractivity contribution in [3.63, 3.8) is 0 Å². The van der Waals surface area contributed by atoms with Crippen molar-refractivity contribution in [3.05, 3.63) is 111 Å². The van der Waals surface area contributed by atoms with Crippen LogP contribution in [-0.4, -0.2) is 16.1 Å². The number of hydrogen-bond acceptors (Lipinski definition) is 4. The van der Waals surface area contributed by atoms with Gasteiger partial charge in [0.25, 0.3) is 0 Å². The number of anilines is 3. The molecule has 2 heterocycles. The van der Waals surface area contributed by atoms with Crippen LogP contribution in [0.5, 0.6) is 0 Å². The number of rotatable bonds is 4. The van der Waals surface area contributed by atoms with Crippen LogP contribution in [0.1, 0.15) is 52.7 Å². The van der Waals surface area contributed by atoms with Gasteiger partial charge in [-0.1, -0.05) is 140 Å². The third kappa shape index (κ3) is 10.7. The Morgan fingerprint density at radius 2 is 1.00 bits per heavy atom. The summed E-state index contributed by atoms with van der Waals surface area (Å²) in [6.45, 7) is 27.7. The van der Waals surface area contributed by atoms with E-state index in [4.69, 9.17) is 5.73 Å². The molecule has 0 bridgehead atoms. The SMILES string of the molecule is CC(C)(C)c1ccc(N)cc1.CC(C)(C)c1ccc(Nc2csc3ccc([Si](C)(C)C)cc23)cc1.C[Si](C)(C)c1ccc2scc(Br)c2c1.